The van der Waals surface area contributed by atoms with Crippen LogP contribution in [0.3, 0.4) is 0 Å². The molecule has 0 saturated heterocycles. The van der Waals surface area contributed by atoms with Crippen LogP contribution in [0.2, 0.25) is 0 Å². The summed E-state index contributed by atoms with van der Waals surface area (Å²) in [6, 6.07) is 10.3. The SMILES string of the molecule is COc1cc(NC(C)CCc2ccco2)ccc1Br. The molecule has 0 fully saturated rings. The molecule has 0 aliphatic rings. The van der Waals surface area contributed by atoms with Crippen molar-refractivity contribution in [1.82, 2.24) is 0 Å². The second-order valence-corrected chi connectivity index (χ2v) is 5.37. The zero-order valence-corrected chi connectivity index (χ0v) is 12.7. The Labute approximate surface area is 122 Å². The van der Waals surface area contributed by atoms with E-state index >= 15 is 0 Å². The number of methoxy groups -OCH3 is 1. The molecule has 0 aliphatic heterocycles. The Kier molecular flexibility index (Phi) is 4.91. The Hall–Kier alpha value is -1.42. The van der Waals surface area contributed by atoms with Crippen LogP contribution in [-0.4, -0.2) is 13.2 Å². The fourth-order valence-electron chi connectivity index (χ4n) is 1.92. The first-order chi connectivity index (χ1) is 9.19. The molecule has 4 heteroatoms. The number of aryl methyl sites for hydroxylation is 1. The van der Waals surface area contributed by atoms with E-state index in [9.17, 15) is 0 Å². The van der Waals surface area contributed by atoms with Crippen molar-refractivity contribution in [1.29, 1.82) is 0 Å². The molecule has 3 nitrogen and oxygen atoms in total. The standard InChI is InChI=1S/C15H18BrNO2/c1-11(5-7-13-4-3-9-19-13)17-12-6-8-14(16)15(10-12)18-2/h3-4,6,8-11,17H,5,7H2,1-2H3. The van der Waals surface area contributed by atoms with Crippen LogP contribution in [0.4, 0.5) is 5.69 Å². The van der Waals surface area contributed by atoms with Gasteiger partial charge >= 0.3 is 0 Å². The number of benzene rings is 1. The number of anilines is 1. The van der Waals surface area contributed by atoms with Crippen molar-refractivity contribution in [3.63, 3.8) is 0 Å². The molecule has 102 valence electrons. The Morgan fingerprint density at radius 2 is 2.21 bits per heavy atom. The van der Waals surface area contributed by atoms with Gasteiger partial charge in [0.25, 0.3) is 0 Å². The van der Waals surface area contributed by atoms with E-state index in [4.69, 9.17) is 9.15 Å². The van der Waals surface area contributed by atoms with Gasteiger partial charge in [0.2, 0.25) is 0 Å². The van der Waals surface area contributed by atoms with Gasteiger partial charge in [-0.3, -0.25) is 0 Å². The molecular formula is C15H18BrNO2. The second kappa shape index (κ2) is 6.66. The Balaban J connectivity index is 1.89. The number of ether oxygens (including phenoxy) is 1. The third-order valence-corrected chi connectivity index (χ3v) is 3.62. The highest BCUT2D eigenvalue weighted by molar-refractivity contribution is 9.10. The summed E-state index contributed by atoms with van der Waals surface area (Å²) >= 11 is 3.45. The van der Waals surface area contributed by atoms with Gasteiger partial charge in [-0.25, -0.2) is 0 Å². The molecule has 1 N–H and O–H groups in total. The van der Waals surface area contributed by atoms with E-state index in [1.165, 1.54) is 0 Å². The van der Waals surface area contributed by atoms with Crippen LogP contribution in [0.25, 0.3) is 0 Å². The fraction of sp³-hybridized carbons (Fsp3) is 0.333. The van der Waals surface area contributed by atoms with Crippen LogP contribution >= 0.6 is 15.9 Å². The molecule has 1 aromatic carbocycles. The third kappa shape index (κ3) is 4.03. The fourth-order valence-corrected chi connectivity index (χ4v) is 2.33. The molecule has 0 amide bonds. The predicted octanol–water partition coefficient (Wildman–Crippen LogP) is 4.48. The van der Waals surface area contributed by atoms with Crippen molar-refractivity contribution in [3.05, 3.63) is 46.8 Å². The molecule has 1 heterocycles. The highest BCUT2D eigenvalue weighted by Crippen LogP contribution is 2.28. The Morgan fingerprint density at radius 1 is 1.37 bits per heavy atom. The molecule has 1 unspecified atom stereocenters. The highest BCUT2D eigenvalue weighted by Gasteiger charge is 2.06. The summed E-state index contributed by atoms with van der Waals surface area (Å²) in [7, 11) is 1.67. The first kappa shape index (κ1) is 14.0. The number of hydrogen-bond acceptors (Lipinski definition) is 3. The molecule has 2 aromatic rings. The second-order valence-electron chi connectivity index (χ2n) is 4.51. The summed E-state index contributed by atoms with van der Waals surface area (Å²) in [6.07, 6.45) is 3.67. The first-order valence-electron chi connectivity index (χ1n) is 6.31. The lowest BCUT2D eigenvalue weighted by atomic mass is 10.1. The number of nitrogens with one attached hydrogen (secondary N) is 1. The first-order valence-corrected chi connectivity index (χ1v) is 7.11. The van der Waals surface area contributed by atoms with E-state index in [0.717, 1.165) is 34.5 Å². The van der Waals surface area contributed by atoms with Gasteiger partial charge in [-0.1, -0.05) is 0 Å². The smallest absolute Gasteiger partial charge is 0.135 e. The van der Waals surface area contributed by atoms with Gasteiger partial charge in [-0.2, -0.15) is 0 Å². The van der Waals surface area contributed by atoms with Gasteiger partial charge in [0, 0.05) is 24.2 Å². The van der Waals surface area contributed by atoms with Gasteiger partial charge in [-0.15, -0.1) is 0 Å². The topological polar surface area (TPSA) is 34.4 Å². The van der Waals surface area contributed by atoms with Gasteiger partial charge in [-0.05, 0) is 53.5 Å². The van der Waals surface area contributed by atoms with Crippen LogP contribution in [0, 0.1) is 0 Å². The quantitative estimate of drug-likeness (QED) is 0.850. The summed E-state index contributed by atoms with van der Waals surface area (Å²) in [5.41, 5.74) is 1.06. The maximum atomic E-state index is 5.33. The van der Waals surface area contributed by atoms with Gasteiger partial charge in [0.05, 0.1) is 17.8 Å². The van der Waals surface area contributed by atoms with E-state index in [2.05, 4.69) is 28.2 Å². The normalized spacial score (nSPS) is 12.2. The largest absolute Gasteiger partial charge is 0.495 e. The van der Waals surface area contributed by atoms with Crippen molar-refractivity contribution >= 4 is 21.6 Å². The van der Waals surface area contributed by atoms with E-state index in [0.29, 0.717) is 6.04 Å². The van der Waals surface area contributed by atoms with Crippen molar-refractivity contribution in [2.24, 2.45) is 0 Å². The predicted molar refractivity (Wildman–Crippen MR) is 80.8 cm³/mol. The zero-order chi connectivity index (χ0) is 13.7. The molecule has 19 heavy (non-hydrogen) atoms. The third-order valence-electron chi connectivity index (χ3n) is 2.97. The van der Waals surface area contributed by atoms with Gasteiger partial charge in [0.1, 0.15) is 11.5 Å². The molecule has 0 bridgehead atoms. The van der Waals surface area contributed by atoms with Crippen LogP contribution in [0.5, 0.6) is 5.75 Å². The minimum absolute atomic E-state index is 0.371. The molecular weight excluding hydrogens is 306 g/mol. The van der Waals surface area contributed by atoms with E-state index in [1.54, 1.807) is 13.4 Å². The minimum Gasteiger partial charge on any atom is -0.495 e. The van der Waals surface area contributed by atoms with E-state index < -0.39 is 0 Å². The van der Waals surface area contributed by atoms with E-state index in [1.807, 2.05) is 30.3 Å². The summed E-state index contributed by atoms with van der Waals surface area (Å²) in [4.78, 5) is 0. The summed E-state index contributed by atoms with van der Waals surface area (Å²) in [5, 5.41) is 3.46. The molecule has 1 aromatic heterocycles. The van der Waals surface area contributed by atoms with Gasteiger partial charge in [0.15, 0.2) is 0 Å². The number of hydrogen-bond donors (Lipinski definition) is 1. The van der Waals surface area contributed by atoms with Crippen LogP contribution in [-0.2, 0) is 6.42 Å². The molecule has 0 spiro atoms. The Bertz CT molecular complexity index is 511. The van der Waals surface area contributed by atoms with Crippen molar-refractivity contribution in [2.45, 2.75) is 25.8 Å². The molecule has 0 aliphatic carbocycles. The number of rotatable bonds is 6. The lowest BCUT2D eigenvalue weighted by molar-refractivity contribution is 0.412. The maximum Gasteiger partial charge on any atom is 0.135 e. The highest BCUT2D eigenvalue weighted by atomic mass is 79.9. The summed E-state index contributed by atoms with van der Waals surface area (Å²) < 4.78 is 11.6. The molecule has 0 saturated carbocycles. The van der Waals surface area contributed by atoms with Gasteiger partial charge < -0.3 is 14.5 Å². The average Bonchev–Trinajstić information content (AvgIpc) is 2.92. The average molecular weight is 324 g/mol. The van der Waals surface area contributed by atoms with Crippen LogP contribution < -0.4 is 10.1 Å². The molecule has 1 atom stereocenters. The minimum atomic E-state index is 0.371. The summed E-state index contributed by atoms with van der Waals surface area (Å²) in [6.45, 7) is 2.16. The van der Waals surface area contributed by atoms with Crippen molar-refractivity contribution < 1.29 is 9.15 Å². The van der Waals surface area contributed by atoms with Crippen molar-refractivity contribution in [2.75, 3.05) is 12.4 Å². The lowest BCUT2D eigenvalue weighted by Crippen LogP contribution is -2.15. The monoisotopic (exact) mass is 323 g/mol. The van der Waals surface area contributed by atoms with E-state index in [-0.39, 0.29) is 0 Å². The van der Waals surface area contributed by atoms with Crippen LogP contribution in [0.15, 0.2) is 45.5 Å². The summed E-state index contributed by atoms with van der Waals surface area (Å²) in [5.74, 6) is 1.87. The molecule has 0 radical (unpaired) electrons. The maximum absolute atomic E-state index is 5.33. The zero-order valence-electron chi connectivity index (χ0n) is 11.2. The lowest BCUT2D eigenvalue weighted by Gasteiger charge is -2.15. The molecule has 2 rings (SSSR count). The number of halogens is 1. The number of furan rings is 1. The Morgan fingerprint density at radius 3 is 2.89 bits per heavy atom. The van der Waals surface area contributed by atoms with Crippen LogP contribution in [0.1, 0.15) is 19.1 Å². The van der Waals surface area contributed by atoms with Crippen molar-refractivity contribution in [3.8, 4) is 5.75 Å².